The van der Waals surface area contributed by atoms with Gasteiger partial charge in [0.25, 0.3) is 0 Å². The molecule has 5 nitrogen and oxygen atoms in total. The number of nitrogens with zero attached hydrogens (tertiary/aromatic N) is 1. The summed E-state index contributed by atoms with van der Waals surface area (Å²) in [5, 5.41) is 9.71. The van der Waals surface area contributed by atoms with Gasteiger partial charge in [0.2, 0.25) is 5.91 Å². The van der Waals surface area contributed by atoms with Gasteiger partial charge in [-0.1, -0.05) is 12.1 Å². The Kier molecular flexibility index (Phi) is 5.17. The zero-order valence-corrected chi connectivity index (χ0v) is 16.4. The van der Waals surface area contributed by atoms with Crippen LogP contribution < -0.4 is 4.74 Å². The highest BCUT2D eigenvalue weighted by Crippen LogP contribution is 2.54. The fourth-order valence-corrected chi connectivity index (χ4v) is 5.41. The van der Waals surface area contributed by atoms with E-state index < -0.39 is 0 Å². The summed E-state index contributed by atoms with van der Waals surface area (Å²) in [4.78, 5) is 14.7. The summed E-state index contributed by atoms with van der Waals surface area (Å²) in [6.45, 7) is 6.37. The minimum Gasteiger partial charge on any atom is -0.494 e. The van der Waals surface area contributed by atoms with Gasteiger partial charge in [-0.3, -0.25) is 4.79 Å². The van der Waals surface area contributed by atoms with Gasteiger partial charge >= 0.3 is 0 Å². The van der Waals surface area contributed by atoms with Crippen molar-refractivity contribution in [2.24, 2.45) is 11.8 Å². The zero-order valence-electron chi connectivity index (χ0n) is 16.4. The van der Waals surface area contributed by atoms with E-state index in [0.717, 1.165) is 43.5 Å². The number of aryl methyl sites for hydroxylation is 2. The minimum absolute atomic E-state index is 0.167. The molecule has 3 saturated heterocycles. The van der Waals surface area contributed by atoms with Crippen molar-refractivity contribution in [1.29, 1.82) is 0 Å². The Labute approximate surface area is 161 Å². The van der Waals surface area contributed by atoms with Gasteiger partial charge in [0.05, 0.1) is 24.9 Å². The van der Waals surface area contributed by atoms with Gasteiger partial charge in [-0.25, -0.2) is 0 Å². The summed E-state index contributed by atoms with van der Waals surface area (Å²) in [6, 6.07) is 6.28. The maximum atomic E-state index is 12.7. The molecule has 4 atom stereocenters. The minimum atomic E-state index is -0.167. The predicted molar refractivity (Wildman–Crippen MR) is 103 cm³/mol. The molecule has 1 amide bonds. The zero-order chi connectivity index (χ0) is 19.0. The Morgan fingerprint density at radius 1 is 1.44 bits per heavy atom. The fourth-order valence-electron chi connectivity index (χ4n) is 5.41. The Hall–Kier alpha value is -1.59. The van der Waals surface area contributed by atoms with E-state index in [9.17, 15) is 9.90 Å². The Morgan fingerprint density at radius 3 is 3.04 bits per heavy atom. The second kappa shape index (κ2) is 7.44. The largest absolute Gasteiger partial charge is 0.494 e. The SMILES string of the molecule is CCOc1ccc(CCCC(=O)N2C[C@@H]3[C@H](CO)[C@H]4CC[C@]3(C2)O4)cc1C. The highest BCUT2D eigenvalue weighted by molar-refractivity contribution is 5.76. The van der Waals surface area contributed by atoms with Crippen molar-refractivity contribution in [3.63, 3.8) is 0 Å². The first-order chi connectivity index (χ1) is 13.1. The van der Waals surface area contributed by atoms with Gasteiger partial charge in [-0.15, -0.1) is 0 Å². The first-order valence-corrected chi connectivity index (χ1v) is 10.3. The second-order valence-electron chi connectivity index (χ2n) is 8.37. The molecule has 3 fully saturated rings. The van der Waals surface area contributed by atoms with Crippen LogP contribution in [0.1, 0.15) is 43.7 Å². The number of ether oxygens (including phenoxy) is 2. The van der Waals surface area contributed by atoms with Crippen LogP contribution in [0.15, 0.2) is 18.2 Å². The topological polar surface area (TPSA) is 59.0 Å². The van der Waals surface area contributed by atoms with Crippen molar-refractivity contribution in [2.45, 2.75) is 57.7 Å². The predicted octanol–water partition coefficient (Wildman–Crippen LogP) is 2.71. The van der Waals surface area contributed by atoms with E-state index in [0.29, 0.717) is 25.5 Å². The molecule has 2 bridgehead atoms. The molecule has 3 aliphatic rings. The Morgan fingerprint density at radius 2 is 2.30 bits per heavy atom. The summed E-state index contributed by atoms with van der Waals surface area (Å²) in [5.74, 6) is 1.70. The number of fused-ring (bicyclic) bond motifs is 1. The highest BCUT2D eigenvalue weighted by Gasteiger charge is 2.63. The molecule has 1 aromatic carbocycles. The summed E-state index contributed by atoms with van der Waals surface area (Å²) in [5.41, 5.74) is 2.23. The van der Waals surface area contributed by atoms with E-state index >= 15 is 0 Å². The van der Waals surface area contributed by atoms with Crippen molar-refractivity contribution < 1.29 is 19.4 Å². The van der Waals surface area contributed by atoms with Crippen LogP contribution >= 0.6 is 0 Å². The van der Waals surface area contributed by atoms with Crippen LogP contribution in [0.25, 0.3) is 0 Å². The van der Waals surface area contributed by atoms with E-state index in [1.54, 1.807) is 0 Å². The number of likely N-dealkylation sites (tertiary alicyclic amines) is 1. The molecule has 1 spiro atoms. The summed E-state index contributed by atoms with van der Waals surface area (Å²) >= 11 is 0. The first-order valence-electron chi connectivity index (χ1n) is 10.3. The molecule has 0 saturated carbocycles. The molecule has 3 heterocycles. The summed E-state index contributed by atoms with van der Waals surface area (Å²) in [7, 11) is 0. The van der Waals surface area contributed by atoms with Gasteiger partial charge < -0.3 is 19.5 Å². The number of aliphatic hydroxyl groups excluding tert-OH is 1. The average Bonchev–Trinajstić information content (AvgIpc) is 3.31. The number of benzene rings is 1. The molecule has 3 aliphatic heterocycles. The second-order valence-corrected chi connectivity index (χ2v) is 8.37. The maximum Gasteiger partial charge on any atom is 0.222 e. The quantitative estimate of drug-likeness (QED) is 0.798. The number of hydrogen-bond acceptors (Lipinski definition) is 4. The van der Waals surface area contributed by atoms with Crippen LogP contribution in [0.3, 0.4) is 0 Å². The molecule has 148 valence electrons. The molecule has 0 aliphatic carbocycles. The lowest BCUT2D eigenvalue weighted by molar-refractivity contribution is -0.131. The average molecular weight is 373 g/mol. The third kappa shape index (κ3) is 3.36. The van der Waals surface area contributed by atoms with Crippen LogP contribution in [-0.4, -0.2) is 53.9 Å². The molecular formula is C22H31NO4. The smallest absolute Gasteiger partial charge is 0.222 e. The molecular weight excluding hydrogens is 342 g/mol. The number of rotatable bonds is 7. The molecule has 0 aromatic heterocycles. The van der Waals surface area contributed by atoms with Gasteiger partial charge in [-0.05, 0) is 56.7 Å². The van der Waals surface area contributed by atoms with E-state index in [2.05, 4.69) is 19.1 Å². The molecule has 1 aromatic rings. The van der Waals surface area contributed by atoms with Crippen LogP contribution in [0, 0.1) is 18.8 Å². The molecule has 0 unspecified atom stereocenters. The fraction of sp³-hybridized carbons (Fsp3) is 0.682. The monoisotopic (exact) mass is 373 g/mol. The third-order valence-corrected chi connectivity index (χ3v) is 6.74. The van der Waals surface area contributed by atoms with Gasteiger partial charge in [0.1, 0.15) is 5.75 Å². The van der Waals surface area contributed by atoms with Crippen molar-refractivity contribution in [3.05, 3.63) is 29.3 Å². The van der Waals surface area contributed by atoms with Crippen molar-refractivity contribution in [3.8, 4) is 5.75 Å². The number of carbonyl (C=O) groups is 1. The van der Waals surface area contributed by atoms with Crippen molar-refractivity contribution in [1.82, 2.24) is 4.90 Å². The summed E-state index contributed by atoms with van der Waals surface area (Å²) < 4.78 is 11.8. The van der Waals surface area contributed by atoms with E-state index in [1.807, 2.05) is 17.9 Å². The lowest BCUT2D eigenvalue weighted by Gasteiger charge is -2.27. The molecule has 0 radical (unpaired) electrons. The lowest BCUT2D eigenvalue weighted by Crippen LogP contribution is -2.38. The first kappa shape index (κ1) is 18.8. The summed E-state index contributed by atoms with van der Waals surface area (Å²) in [6.07, 6.45) is 4.60. The van der Waals surface area contributed by atoms with E-state index in [-0.39, 0.29) is 30.1 Å². The van der Waals surface area contributed by atoms with Crippen molar-refractivity contribution in [2.75, 3.05) is 26.3 Å². The standard InChI is InChI=1S/C22H31NO4/c1-3-26-19-8-7-16(11-15(19)2)5-4-6-21(25)23-12-18-17(13-24)20-9-10-22(18,14-23)27-20/h7-8,11,17-18,20,24H,3-6,9-10,12-14H2,1-2H3/t17-,18+,20+,22+/m0/s1. The molecule has 1 N–H and O–H groups in total. The number of hydrogen-bond donors (Lipinski definition) is 1. The normalized spacial score (nSPS) is 31.4. The number of aliphatic hydroxyl groups is 1. The maximum absolute atomic E-state index is 12.7. The Balaban J connectivity index is 1.29. The van der Waals surface area contributed by atoms with Gasteiger partial charge in [0.15, 0.2) is 0 Å². The van der Waals surface area contributed by atoms with E-state index in [4.69, 9.17) is 9.47 Å². The van der Waals surface area contributed by atoms with Crippen LogP contribution in [0.2, 0.25) is 0 Å². The lowest BCUT2D eigenvalue weighted by atomic mass is 9.74. The Bertz CT molecular complexity index is 706. The third-order valence-electron chi connectivity index (χ3n) is 6.74. The number of amides is 1. The van der Waals surface area contributed by atoms with Gasteiger partial charge in [-0.2, -0.15) is 0 Å². The van der Waals surface area contributed by atoms with E-state index in [1.165, 1.54) is 5.56 Å². The van der Waals surface area contributed by atoms with Crippen LogP contribution in [0.5, 0.6) is 5.75 Å². The molecule has 5 heteroatoms. The van der Waals surface area contributed by atoms with Crippen molar-refractivity contribution >= 4 is 5.91 Å². The van der Waals surface area contributed by atoms with Crippen LogP contribution in [0.4, 0.5) is 0 Å². The van der Waals surface area contributed by atoms with Crippen LogP contribution in [-0.2, 0) is 16.0 Å². The molecule has 4 rings (SSSR count). The molecule has 27 heavy (non-hydrogen) atoms. The highest BCUT2D eigenvalue weighted by atomic mass is 16.5. The number of carbonyl (C=O) groups excluding carboxylic acids is 1. The van der Waals surface area contributed by atoms with Gasteiger partial charge in [0, 0.05) is 31.4 Å².